The standard InChI is InChI=1S/C22H19ClFN3O4/c1-12-11-25-27(2)21(29)19(12)14-5-3-13(4-6-14)9-18(22(30)31)26-20(28)16-10-15(24)7-8-17(16)23/h3-8,10-11,18H,9H2,1-2H3,(H,26,28)(H,30,31). The van der Waals surface area contributed by atoms with E-state index in [2.05, 4.69) is 10.4 Å². The molecule has 3 rings (SSSR count). The molecule has 0 saturated carbocycles. The van der Waals surface area contributed by atoms with Crippen molar-refractivity contribution in [3.63, 3.8) is 0 Å². The van der Waals surface area contributed by atoms with Gasteiger partial charge in [-0.15, -0.1) is 0 Å². The highest BCUT2D eigenvalue weighted by Gasteiger charge is 2.23. The summed E-state index contributed by atoms with van der Waals surface area (Å²) in [7, 11) is 1.56. The number of nitrogens with zero attached hydrogens (tertiary/aromatic N) is 2. The van der Waals surface area contributed by atoms with Crippen LogP contribution in [-0.2, 0) is 18.3 Å². The molecule has 0 bridgehead atoms. The SMILES string of the molecule is Cc1cnn(C)c(=O)c1-c1ccc(CC(NC(=O)c2cc(F)ccc2Cl)C(=O)O)cc1. The number of hydrogen-bond donors (Lipinski definition) is 2. The van der Waals surface area contributed by atoms with Crippen LogP contribution < -0.4 is 10.9 Å². The normalized spacial score (nSPS) is 11.7. The number of aliphatic carboxylic acids is 1. The number of amides is 1. The lowest BCUT2D eigenvalue weighted by Gasteiger charge is -2.16. The number of aromatic nitrogens is 2. The highest BCUT2D eigenvalue weighted by atomic mass is 35.5. The minimum absolute atomic E-state index is 0.0123. The van der Waals surface area contributed by atoms with E-state index in [9.17, 15) is 23.9 Å². The van der Waals surface area contributed by atoms with Gasteiger partial charge in [0, 0.05) is 13.5 Å². The molecule has 0 fully saturated rings. The summed E-state index contributed by atoms with van der Waals surface area (Å²) >= 11 is 5.92. The molecule has 1 unspecified atom stereocenters. The van der Waals surface area contributed by atoms with Gasteiger partial charge in [0.2, 0.25) is 0 Å². The Bertz CT molecular complexity index is 1210. The van der Waals surface area contributed by atoms with Crippen LogP contribution in [0.25, 0.3) is 11.1 Å². The Morgan fingerprint density at radius 3 is 2.55 bits per heavy atom. The van der Waals surface area contributed by atoms with E-state index in [0.29, 0.717) is 16.7 Å². The molecule has 1 amide bonds. The van der Waals surface area contributed by atoms with Gasteiger partial charge in [-0.05, 0) is 41.8 Å². The van der Waals surface area contributed by atoms with Crippen LogP contribution in [-0.4, -0.2) is 32.8 Å². The number of carbonyl (C=O) groups is 2. The van der Waals surface area contributed by atoms with Gasteiger partial charge in [-0.3, -0.25) is 9.59 Å². The van der Waals surface area contributed by atoms with Crippen LogP contribution >= 0.6 is 11.6 Å². The summed E-state index contributed by atoms with van der Waals surface area (Å²) in [6.45, 7) is 1.78. The van der Waals surface area contributed by atoms with E-state index in [1.165, 1.54) is 10.7 Å². The number of nitrogens with one attached hydrogen (secondary N) is 1. The molecule has 2 aromatic carbocycles. The van der Waals surface area contributed by atoms with Crippen molar-refractivity contribution in [1.29, 1.82) is 0 Å². The molecule has 7 nitrogen and oxygen atoms in total. The molecule has 0 aliphatic heterocycles. The summed E-state index contributed by atoms with van der Waals surface area (Å²) in [5, 5.41) is 15.9. The Balaban J connectivity index is 1.81. The van der Waals surface area contributed by atoms with Crippen molar-refractivity contribution >= 4 is 23.5 Å². The van der Waals surface area contributed by atoms with Crippen molar-refractivity contribution in [2.45, 2.75) is 19.4 Å². The van der Waals surface area contributed by atoms with E-state index in [1.54, 1.807) is 44.4 Å². The Hall–Kier alpha value is -3.52. The van der Waals surface area contributed by atoms with Crippen molar-refractivity contribution in [2.24, 2.45) is 7.05 Å². The van der Waals surface area contributed by atoms with Gasteiger partial charge in [0.05, 0.1) is 22.3 Å². The number of benzene rings is 2. The third kappa shape index (κ3) is 4.97. The van der Waals surface area contributed by atoms with Gasteiger partial charge in [-0.25, -0.2) is 13.9 Å². The van der Waals surface area contributed by atoms with Gasteiger partial charge < -0.3 is 10.4 Å². The first kappa shape index (κ1) is 22.2. The zero-order valence-electron chi connectivity index (χ0n) is 16.7. The van der Waals surface area contributed by atoms with Gasteiger partial charge >= 0.3 is 5.97 Å². The lowest BCUT2D eigenvalue weighted by molar-refractivity contribution is -0.139. The predicted octanol–water partition coefficient (Wildman–Crippen LogP) is 2.97. The molecule has 3 aromatic rings. The second-order valence-electron chi connectivity index (χ2n) is 7.02. The van der Waals surface area contributed by atoms with Gasteiger partial charge in [-0.2, -0.15) is 5.10 Å². The number of carboxylic acid groups (broad SMARTS) is 1. The van der Waals surface area contributed by atoms with Crippen molar-refractivity contribution in [1.82, 2.24) is 15.1 Å². The van der Waals surface area contributed by atoms with Crippen molar-refractivity contribution < 1.29 is 19.1 Å². The van der Waals surface area contributed by atoms with E-state index in [4.69, 9.17) is 11.6 Å². The van der Waals surface area contributed by atoms with Gasteiger partial charge in [-0.1, -0.05) is 35.9 Å². The fraction of sp³-hybridized carbons (Fsp3) is 0.182. The molecule has 9 heteroatoms. The van der Waals surface area contributed by atoms with E-state index in [-0.39, 0.29) is 22.6 Å². The Morgan fingerprint density at radius 1 is 1.23 bits per heavy atom. The Morgan fingerprint density at radius 2 is 1.90 bits per heavy atom. The maximum Gasteiger partial charge on any atom is 0.326 e. The van der Waals surface area contributed by atoms with E-state index >= 15 is 0 Å². The van der Waals surface area contributed by atoms with Crippen LogP contribution in [0.2, 0.25) is 5.02 Å². The van der Waals surface area contributed by atoms with Gasteiger partial charge in [0.25, 0.3) is 11.5 Å². The molecular weight excluding hydrogens is 425 g/mol. The van der Waals surface area contributed by atoms with Crippen LogP contribution in [0.4, 0.5) is 4.39 Å². The fourth-order valence-electron chi connectivity index (χ4n) is 3.12. The molecule has 160 valence electrons. The maximum absolute atomic E-state index is 13.4. The first-order valence-corrected chi connectivity index (χ1v) is 9.66. The average Bonchev–Trinajstić information content (AvgIpc) is 2.73. The topological polar surface area (TPSA) is 101 Å². The summed E-state index contributed by atoms with van der Waals surface area (Å²) < 4.78 is 14.7. The van der Waals surface area contributed by atoms with Crippen LogP contribution in [0.5, 0.6) is 0 Å². The fourth-order valence-corrected chi connectivity index (χ4v) is 3.33. The molecule has 1 aromatic heterocycles. The second-order valence-corrected chi connectivity index (χ2v) is 7.43. The first-order chi connectivity index (χ1) is 14.7. The largest absolute Gasteiger partial charge is 0.480 e. The minimum atomic E-state index is -1.26. The predicted molar refractivity (Wildman–Crippen MR) is 114 cm³/mol. The molecule has 0 radical (unpaired) electrons. The van der Waals surface area contributed by atoms with Crippen molar-refractivity contribution in [2.75, 3.05) is 0 Å². The van der Waals surface area contributed by atoms with Crippen LogP contribution in [0, 0.1) is 12.7 Å². The molecule has 0 aliphatic rings. The molecule has 0 aliphatic carbocycles. The van der Waals surface area contributed by atoms with Crippen molar-refractivity contribution in [3.8, 4) is 11.1 Å². The van der Waals surface area contributed by atoms with Crippen LogP contribution in [0.3, 0.4) is 0 Å². The Kier molecular flexibility index (Phi) is 6.50. The summed E-state index contributed by atoms with van der Waals surface area (Å²) in [6, 6.07) is 8.82. The molecule has 1 heterocycles. The number of halogens is 2. The lowest BCUT2D eigenvalue weighted by atomic mass is 9.99. The van der Waals surface area contributed by atoms with Crippen LogP contribution in [0.15, 0.2) is 53.5 Å². The molecule has 31 heavy (non-hydrogen) atoms. The number of carboxylic acids is 1. The molecule has 0 spiro atoms. The molecule has 2 N–H and O–H groups in total. The van der Waals surface area contributed by atoms with Crippen molar-refractivity contribution in [3.05, 3.63) is 86.5 Å². The highest BCUT2D eigenvalue weighted by Crippen LogP contribution is 2.20. The second kappa shape index (κ2) is 9.09. The lowest BCUT2D eigenvalue weighted by Crippen LogP contribution is -2.42. The molecule has 1 atom stereocenters. The Labute approximate surface area is 182 Å². The first-order valence-electron chi connectivity index (χ1n) is 9.28. The monoisotopic (exact) mass is 443 g/mol. The summed E-state index contributed by atoms with van der Waals surface area (Å²) in [5.74, 6) is -2.69. The smallest absolute Gasteiger partial charge is 0.326 e. The number of hydrogen-bond acceptors (Lipinski definition) is 4. The minimum Gasteiger partial charge on any atom is -0.480 e. The highest BCUT2D eigenvalue weighted by molar-refractivity contribution is 6.33. The maximum atomic E-state index is 13.4. The van der Waals surface area contributed by atoms with E-state index in [0.717, 1.165) is 17.7 Å². The number of aryl methyl sites for hydroxylation is 2. The molecule has 0 saturated heterocycles. The quantitative estimate of drug-likeness (QED) is 0.610. The van der Waals surface area contributed by atoms with E-state index < -0.39 is 23.7 Å². The average molecular weight is 444 g/mol. The van der Waals surface area contributed by atoms with Crippen LogP contribution in [0.1, 0.15) is 21.5 Å². The summed E-state index contributed by atoms with van der Waals surface area (Å²) in [5.41, 5.74) is 2.14. The molecular formula is C22H19ClFN3O4. The third-order valence-corrected chi connectivity index (χ3v) is 5.12. The zero-order chi connectivity index (χ0) is 22.7. The van der Waals surface area contributed by atoms with Gasteiger partial charge in [0.1, 0.15) is 11.9 Å². The third-order valence-electron chi connectivity index (χ3n) is 4.79. The summed E-state index contributed by atoms with van der Waals surface area (Å²) in [4.78, 5) is 36.5. The summed E-state index contributed by atoms with van der Waals surface area (Å²) in [6.07, 6.45) is 1.58. The zero-order valence-corrected chi connectivity index (χ0v) is 17.5. The number of rotatable bonds is 6. The van der Waals surface area contributed by atoms with E-state index in [1.807, 2.05) is 0 Å². The van der Waals surface area contributed by atoms with Gasteiger partial charge in [0.15, 0.2) is 0 Å². The number of carbonyl (C=O) groups excluding carboxylic acids is 1.